The van der Waals surface area contributed by atoms with Crippen LogP contribution in [0.4, 0.5) is 20.2 Å². The molecule has 1 unspecified atom stereocenters. The van der Waals surface area contributed by atoms with Gasteiger partial charge in [0.25, 0.3) is 0 Å². The molecule has 0 saturated carbocycles. The fourth-order valence-corrected chi connectivity index (χ4v) is 3.42. The van der Waals surface area contributed by atoms with E-state index in [1.165, 1.54) is 11.6 Å². The maximum Gasteiger partial charge on any atom is 0.156 e. The normalized spacial score (nSPS) is 19.1. The third kappa shape index (κ3) is 7.27. The number of hydrogen-bond acceptors (Lipinski definition) is 3. The van der Waals surface area contributed by atoms with Gasteiger partial charge < -0.3 is 15.4 Å². The average Bonchev–Trinajstić information content (AvgIpc) is 2.70. The van der Waals surface area contributed by atoms with Crippen molar-refractivity contribution in [2.75, 3.05) is 17.2 Å². The minimum Gasteiger partial charge on any atom is -0.360 e. The minimum atomic E-state index is -0.861. The van der Waals surface area contributed by atoms with Crippen LogP contribution in [0, 0.1) is 0 Å². The number of nitrogens with one attached hydrogen (secondary N) is 2. The lowest BCUT2D eigenvalue weighted by Crippen LogP contribution is -2.27. The van der Waals surface area contributed by atoms with Gasteiger partial charge in [0.15, 0.2) is 5.83 Å². The fourth-order valence-electron chi connectivity index (χ4n) is 2.98. The first-order valence-corrected chi connectivity index (χ1v) is 11.0. The zero-order chi connectivity index (χ0) is 21.4. The van der Waals surface area contributed by atoms with Crippen LogP contribution in [0.15, 0.2) is 45.6 Å². The van der Waals surface area contributed by atoms with Gasteiger partial charge in [-0.2, -0.15) is 0 Å². The largest absolute Gasteiger partial charge is 0.360 e. The molecule has 0 aliphatic carbocycles. The number of hydrogen-bond donors (Lipinski definition) is 2. The van der Waals surface area contributed by atoms with Gasteiger partial charge in [-0.15, -0.1) is 0 Å². The van der Waals surface area contributed by atoms with Crippen molar-refractivity contribution in [1.29, 1.82) is 0 Å². The Hall–Kier alpha value is -1.66. The van der Waals surface area contributed by atoms with Gasteiger partial charge in [0.1, 0.15) is 12.1 Å². The molecule has 1 aromatic carbocycles. The highest BCUT2D eigenvalue weighted by molar-refractivity contribution is 9.10. The summed E-state index contributed by atoms with van der Waals surface area (Å²) in [5, 5.41) is 6.74. The Kier molecular flexibility index (Phi) is 9.37. The molecule has 0 bridgehead atoms. The number of allylic oxidation sites excluding steroid dienone is 5. The Morgan fingerprint density at radius 2 is 1.93 bits per heavy atom. The highest BCUT2D eigenvalue weighted by Crippen LogP contribution is 2.34. The summed E-state index contributed by atoms with van der Waals surface area (Å²) in [5.74, 6) is -1.69. The van der Waals surface area contributed by atoms with Gasteiger partial charge in [-0.25, -0.2) is 8.78 Å². The summed E-state index contributed by atoms with van der Waals surface area (Å²) in [4.78, 5) is 0. The predicted molar refractivity (Wildman–Crippen MR) is 122 cm³/mol. The van der Waals surface area contributed by atoms with Crippen molar-refractivity contribution in [2.24, 2.45) is 0 Å². The first-order valence-electron chi connectivity index (χ1n) is 10.2. The number of benzene rings is 1. The van der Waals surface area contributed by atoms with Crippen LogP contribution in [0.1, 0.15) is 65.4 Å². The van der Waals surface area contributed by atoms with Gasteiger partial charge in [-0.05, 0) is 85.7 Å². The van der Waals surface area contributed by atoms with Crippen molar-refractivity contribution in [1.82, 2.24) is 0 Å². The summed E-state index contributed by atoms with van der Waals surface area (Å²) < 4.78 is 33.5. The van der Waals surface area contributed by atoms with Crippen LogP contribution in [0.3, 0.4) is 0 Å². The van der Waals surface area contributed by atoms with E-state index in [0.717, 1.165) is 60.6 Å². The second-order valence-corrected chi connectivity index (χ2v) is 8.15. The molecule has 1 aromatic rings. The van der Waals surface area contributed by atoms with Crippen molar-refractivity contribution in [3.63, 3.8) is 0 Å². The van der Waals surface area contributed by atoms with Gasteiger partial charge in [-0.3, -0.25) is 0 Å². The molecule has 6 heteroatoms. The Balaban J connectivity index is 2.38. The number of anilines is 2. The first kappa shape index (κ1) is 23.6. The van der Waals surface area contributed by atoms with E-state index >= 15 is 0 Å². The van der Waals surface area contributed by atoms with E-state index in [-0.39, 0.29) is 6.23 Å². The zero-order valence-electron chi connectivity index (χ0n) is 17.7. The zero-order valence-corrected chi connectivity index (χ0v) is 19.3. The summed E-state index contributed by atoms with van der Waals surface area (Å²) in [6, 6.07) is 4.02. The van der Waals surface area contributed by atoms with Crippen LogP contribution in [0.2, 0.25) is 0 Å². The molecule has 1 aliphatic rings. The number of halogens is 3. The lowest BCUT2D eigenvalue weighted by molar-refractivity contribution is 0.0343. The van der Waals surface area contributed by atoms with Gasteiger partial charge in [0.2, 0.25) is 0 Å². The van der Waals surface area contributed by atoms with Crippen molar-refractivity contribution < 1.29 is 13.5 Å². The molecule has 0 spiro atoms. The van der Waals surface area contributed by atoms with Gasteiger partial charge in [0, 0.05) is 22.5 Å². The van der Waals surface area contributed by atoms with Crippen LogP contribution < -0.4 is 10.6 Å². The van der Waals surface area contributed by atoms with Gasteiger partial charge >= 0.3 is 0 Å². The molecule has 29 heavy (non-hydrogen) atoms. The third-order valence-electron chi connectivity index (χ3n) is 4.90. The quantitative estimate of drug-likeness (QED) is 0.378. The van der Waals surface area contributed by atoms with E-state index < -0.39 is 11.7 Å². The van der Waals surface area contributed by atoms with Gasteiger partial charge in [-0.1, -0.05) is 25.5 Å². The molecule has 1 saturated heterocycles. The van der Waals surface area contributed by atoms with Crippen molar-refractivity contribution in [3.8, 4) is 0 Å². The second kappa shape index (κ2) is 11.5. The maximum absolute atomic E-state index is 13.7. The van der Waals surface area contributed by atoms with Gasteiger partial charge in [0.05, 0.1) is 5.69 Å². The molecular formula is C23H31BrF2N2O. The summed E-state index contributed by atoms with van der Waals surface area (Å²) in [7, 11) is 0. The van der Waals surface area contributed by atoms with E-state index in [2.05, 4.69) is 46.5 Å². The highest BCUT2D eigenvalue weighted by atomic mass is 79.9. The smallest absolute Gasteiger partial charge is 0.156 e. The second-order valence-electron chi connectivity index (χ2n) is 7.29. The molecule has 3 nitrogen and oxygen atoms in total. The lowest BCUT2D eigenvalue weighted by atomic mass is 10.1. The monoisotopic (exact) mass is 468 g/mol. The fraction of sp³-hybridized carbons (Fsp3) is 0.478. The third-order valence-corrected chi connectivity index (χ3v) is 5.56. The summed E-state index contributed by atoms with van der Waals surface area (Å²) >= 11 is 3.61. The Labute approximate surface area is 181 Å². The first-order chi connectivity index (χ1) is 13.8. The Bertz CT molecular complexity index is 792. The molecule has 0 aromatic heterocycles. The predicted octanol–water partition coefficient (Wildman–Crippen LogP) is 8.08. The lowest BCUT2D eigenvalue weighted by Gasteiger charge is -2.26. The molecule has 1 atom stereocenters. The van der Waals surface area contributed by atoms with E-state index in [4.69, 9.17) is 4.74 Å². The van der Waals surface area contributed by atoms with Crippen molar-refractivity contribution in [2.45, 2.75) is 66.0 Å². The van der Waals surface area contributed by atoms with Crippen LogP contribution in [-0.4, -0.2) is 12.8 Å². The molecule has 1 fully saturated rings. The van der Waals surface area contributed by atoms with E-state index in [0.29, 0.717) is 12.1 Å². The van der Waals surface area contributed by atoms with Crippen LogP contribution >= 0.6 is 15.9 Å². The number of ether oxygens (including phenoxy) is 1. The summed E-state index contributed by atoms with van der Waals surface area (Å²) in [5.41, 5.74) is 4.65. The molecule has 0 amide bonds. The summed E-state index contributed by atoms with van der Waals surface area (Å²) in [6.07, 6.45) is 8.07. The molecule has 0 radical (unpaired) electrons. The van der Waals surface area contributed by atoms with Crippen molar-refractivity contribution >= 4 is 33.4 Å². The molecule has 160 valence electrons. The Morgan fingerprint density at radius 3 is 2.52 bits per heavy atom. The van der Waals surface area contributed by atoms with Crippen molar-refractivity contribution in [3.05, 3.63) is 51.2 Å². The molecule has 1 heterocycles. The molecule has 2 N–H and O–H groups in total. The standard InChI is InChI=1S/C23H31BrF2N2O/c1-5-15(3)11-17-12-22(27-18(6-2)13-20(26)16(4)25)19(24)14-21(17)28-23-9-7-8-10-29-23/h11-14,23,27-28H,5-10H2,1-4H3/b15-11?,18-13+,20-16-. The maximum atomic E-state index is 13.7. The molecule has 2 rings (SSSR count). The SMILES string of the molecule is CCC(C)=Cc1cc(N/C(=C/C(F)=C(\C)F)CC)c(Br)cc1NC1CCCCO1. The van der Waals surface area contributed by atoms with Crippen LogP contribution in [0.25, 0.3) is 6.08 Å². The van der Waals surface area contributed by atoms with Crippen LogP contribution in [-0.2, 0) is 4.74 Å². The van der Waals surface area contributed by atoms with E-state index in [1.807, 2.05) is 19.1 Å². The molecule has 1 aliphatic heterocycles. The average molecular weight is 469 g/mol. The van der Waals surface area contributed by atoms with E-state index in [1.54, 1.807) is 0 Å². The summed E-state index contributed by atoms with van der Waals surface area (Å²) in [6.45, 7) is 7.99. The topological polar surface area (TPSA) is 33.3 Å². The minimum absolute atomic E-state index is 0.00130. The molecular weight excluding hydrogens is 438 g/mol. The van der Waals surface area contributed by atoms with Crippen LogP contribution in [0.5, 0.6) is 0 Å². The van der Waals surface area contributed by atoms with E-state index in [9.17, 15) is 8.78 Å². The Morgan fingerprint density at radius 1 is 1.17 bits per heavy atom. The number of rotatable bonds is 8. The highest BCUT2D eigenvalue weighted by Gasteiger charge is 2.16.